The Balaban J connectivity index is 2.29. The maximum absolute atomic E-state index is 13.0. The molecule has 4 heteroatoms. The topological polar surface area (TPSA) is 38.9 Å². The molecule has 2 aromatic carbocycles. The monoisotopic (exact) mass is 282 g/mol. The molecule has 0 amide bonds. The zero-order valence-electron chi connectivity index (χ0n) is 10.5. The molecule has 0 fully saturated rings. The van der Waals surface area contributed by atoms with E-state index in [9.17, 15) is 4.39 Å². The van der Waals surface area contributed by atoms with Gasteiger partial charge in [-0.3, -0.25) is 0 Å². The average molecular weight is 282 g/mol. The Bertz CT molecular complexity index is 797. The third-order valence-electron chi connectivity index (χ3n) is 3.11. The first-order valence-electron chi connectivity index (χ1n) is 6.11. The number of nitrogens with zero attached hydrogens (tertiary/aromatic N) is 1. The van der Waals surface area contributed by atoms with Crippen LogP contribution in [0.4, 0.5) is 4.39 Å². The largest absolute Gasteiger partial charge is 0.388 e. The lowest BCUT2D eigenvalue weighted by atomic mass is 10.0. The normalized spacial score (nSPS) is 10.7. The van der Waals surface area contributed by atoms with Gasteiger partial charge in [-0.05, 0) is 29.8 Å². The number of halogens is 1. The Kier molecular flexibility index (Phi) is 3.16. The SMILES string of the molecule is NC(=S)c1nc2ccccc2cc1-c1ccc(F)cc1. The minimum Gasteiger partial charge on any atom is -0.388 e. The summed E-state index contributed by atoms with van der Waals surface area (Å²) in [6, 6.07) is 15.9. The molecule has 0 unspecified atom stereocenters. The number of para-hydroxylation sites is 1. The first kappa shape index (κ1) is 12.7. The lowest BCUT2D eigenvalue weighted by Crippen LogP contribution is -2.13. The first-order chi connectivity index (χ1) is 9.65. The van der Waals surface area contributed by atoms with Crippen molar-refractivity contribution in [1.82, 2.24) is 4.98 Å². The van der Waals surface area contributed by atoms with Crippen molar-refractivity contribution in [2.75, 3.05) is 0 Å². The van der Waals surface area contributed by atoms with Crippen LogP contribution in [0.1, 0.15) is 5.69 Å². The van der Waals surface area contributed by atoms with E-state index < -0.39 is 0 Å². The van der Waals surface area contributed by atoms with Gasteiger partial charge in [-0.15, -0.1) is 0 Å². The van der Waals surface area contributed by atoms with Crippen LogP contribution < -0.4 is 5.73 Å². The van der Waals surface area contributed by atoms with Gasteiger partial charge in [0.15, 0.2) is 0 Å². The highest BCUT2D eigenvalue weighted by molar-refractivity contribution is 7.80. The van der Waals surface area contributed by atoms with E-state index in [-0.39, 0.29) is 10.8 Å². The minimum absolute atomic E-state index is 0.232. The molecule has 0 aliphatic heterocycles. The number of benzene rings is 2. The van der Waals surface area contributed by atoms with E-state index in [1.165, 1.54) is 12.1 Å². The Morgan fingerprint density at radius 1 is 1.05 bits per heavy atom. The highest BCUT2D eigenvalue weighted by Crippen LogP contribution is 2.26. The Hall–Kier alpha value is -2.33. The summed E-state index contributed by atoms with van der Waals surface area (Å²) in [7, 11) is 0. The number of aromatic nitrogens is 1. The summed E-state index contributed by atoms with van der Waals surface area (Å²) >= 11 is 5.08. The van der Waals surface area contributed by atoms with Crippen molar-refractivity contribution in [3.05, 3.63) is 66.1 Å². The fourth-order valence-corrected chi connectivity index (χ4v) is 2.31. The third kappa shape index (κ3) is 2.26. The van der Waals surface area contributed by atoms with Crippen LogP contribution >= 0.6 is 12.2 Å². The van der Waals surface area contributed by atoms with E-state index >= 15 is 0 Å². The molecule has 3 rings (SSSR count). The number of pyridine rings is 1. The molecule has 98 valence electrons. The van der Waals surface area contributed by atoms with Crippen molar-refractivity contribution in [1.29, 1.82) is 0 Å². The minimum atomic E-state index is -0.278. The number of hydrogen-bond acceptors (Lipinski definition) is 2. The van der Waals surface area contributed by atoms with Gasteiger partial charge in [0.25, 0.3) is 0 Å². The van der Waals surface area contributed by atoms with Gasteiger partial charge in [-0.2, -0.15) is 0 Å². The van der Waals surface area contributed by atoms with Crippen molar-refractivity contribution in [2.45, 2.75) is 0 Å². The second-order valence-electron chi connectivity index (χ2n) is 4.45. The summed E-state index contributed by atoms with van der Waals surface area (Å²) in [6.45, 7) is 0. The summed E-state index contributed by atoms with van der Waals surface area (Å²) in [5, 5.41) is 0.992. The highest BCUT2D eigenvalue weighted by atomic mass is 32.1. The van der Waals surface area contributed by atoms with Gasteiger partial charge in [-0.25, -0.2) is 9.37 Å². The molecule has 0 saturated carbocycles. The summed E-state index contributed by atoms with van der Waals surface area (Å²) in [6.07, 6.45) is 0. The fraction of sp³-hybridized carbons (Fsp3) is 0. The van der Waals surface area contributed by atoms with Crippen LogP contribution in [0.5, 0.6) is 0 Å². The maximum Gasteiger partial charge on any atom is 0.123 e. The molecule has 0 saturated heterocycles. The highest BCUT2D eigenvalue weighted by Gasteiger charge is 2.11. The van der Waals surface area contributed by atoms with Gasteiger partial charge in [0.1, 0.15) is 16.5 Å². The lowest BCUT2D eigenvalue weighted by Gasteiger charge is -2.10. The van der Waals surface area contributed by atoms with Gasteiger partial charge < -0.3 is 5.73 Å². The van der Waals surface area contributed by atoms with Crippen LogP contribution in [-0.4, -0.2) is 9.97 Å². The van der Waals surface area contributed by atoms with Crippen LogP contribution in [0.15, 0.2) is 54.6 Å². The average Bonchev–Trinajstić information content (AvgIpc) is 2.46. The number of thiocarbonyl (C=S) groups is 1. The van der Waals surface area contributed by atoms with Crippen LogP contribution in [0.3, 0.4) is 0 Å². The van der Waals surface area contributed by atoms with Crippen LogP contribution in [0.25, 0.3) is 22.0 Å². The predicted molar refractivity (Wildman–Crippen MR) is 83.0 cm³/mol. The molecule has 3 aromatic rings. The molecule has 0 aliphatic carbocycles. The fourth-order valence-electron chi connectivity index (χ4n) is 2.15. The molecule has 20 heavy (non-hydrogen) atoms. The summed E-state index contributed by atoms with van der Waals surface area (Å²) < 4.78 is 13.0. The van der Waals surface area contributed by atoms with E-state index in [1.54, 1.807) is 12.1 Å². The summed E-state index contributed by atoms with van der Waals surface area (Å²) in [4.78, 5) is 4.75. The molecule has 2 nitrogen and oxygen atoms in total. The third-order valence-corrected chi connectivity index (χ3v) is 3.31. The molecular weight excluding hydrogens is 271 g/mol. The molecule has 0 bridgehead atoms. The van der Waals surface area contributed by atoms with Crippen molar-refractivity contribution < 1.29 is 4.39 Å². The van der Waals surface area contributed by atoms with Crippen molar-refractivity contribution >= 4 is 28.1 Å². The second-order valence-corrected chi connectivity index (χ2v) is 4.89. The first-order valence-corrected chi connectivity index (χ1v) is 6.51. The zero-order valence-corrected chi connectivity index (χ0v) is 11.3. The maximum atomic E-state index is 13.0. The van der Waals surface area contributed by atoms with Crippen molar-refractivity contribution in [3.63, 3.8) is 0 Å². The molecule has 0 radical (unpaired) electrons. The Morgan fingerprint density at radius 3 is 2.45 bits per heavy atom. The van der Waals surface area contributed by atoms with E-state index in [1.807, 2.05) is 30.3 Å². The molecular formula is C16H11FN2S. The van der Waals surface area contributed by atoms with E-state index in [2.05, 4.69) is 4.98 Å². The van der Waals surface area contributed by atoms with Crippen LogP contribution in [0.2, 0.25) is 0 Å². The molecule has 1 aromatic heterocycles. The van der Waals surface area contributed by atoms with Gasteiger partial charge in [0, 0.05) is 10.9 Å². The lowest BCUT2D eigenvalue weighted by molar-refractivity contribution is 0.628. The second kappa shape index (κ2) is 4.98. The molecule has 0 spiro atoms. The number of nitrogens with two attached hydrogens (primary N) is 1. The molecule has 2 N–H and O–H groups in total. The number of fused-ring (bicyclic) bond motifs is 1. The van der Waals surface area contributed by atoms with E-state index in [0.29, 0.717) is 5.69 Å². The quantitative estimate of drug-likeness (QED) is 0.729. The molecule has 0 atom stereocenters. The molecule has 0 aliphatic rings. The Morgan fingerprint density at radius 2 is 1.75 bits per heavy atom. The van der Waals surface area contributed by atoms with Gasteiger partial charge in [-0.1, -0.05) is 42.5 Å². The van der Waals surface area contributed by atoms with Crippen LogP contribution in [0, 0.1) is 5.82 Å². The predicted octanol–water partition coefficient (Wildman–Crippen LogP) is 3.68. The Labute approximate surface area is 121 Å². The van der Waals surface area contributed by atoms with Gasteiger partial charge >= 0.3 is 0 Å². The van der Waals surface area contributed by atoms with Crippen molar-refractivity contribution in [3.8, 4) is 11.1 Å². The summed E-state index contributed by atoms with van der Waals surface area (Å²) in [5.74, 6) is -0.278. The number of hydrogen-bond donors (Lipinski definition) is 1. The molecule has 1 heterocycles. The number of rotatable bonds is 2. The van der Waals surface area contributed by atoms with Crippen molar-refractivity contribution in [2.24, 2.45) is 5.73 Å². The summed E-state index contributed by atoms with van der Waals surface area (Å²) in [5.41, 5.74) is 8.82. The van der Waals surface area contributed by atoms with E-state index in [4.69, 9.17) is 18.0 Å². The zero-order chi connectivity index (χ0) is 14.1. The van der Waals surface area contributed by atoms with Crippen LogP contribution in [-0.2, 0) is 0 Å². The van der Waals surface area contributed by atoms with Gasteiger partial charge in [0.05, 0.1) is 5.52 Å². The standard InChI is InChI=1S/C16H11FN2S/c17-12-7-5-10(6-8-12)13-9-11-3-1-2-4-14(11)19-15(13)16(18)20/h1-9H,(H2,18,20). The van der Waals surface area contributed by atoms with Gasteiger partial charge in [0.2, 0.25) is 0 Å². The van der Waals surface area contributed by atoms with E-state index in [0.717, 1.165) is 22.0 Å². The smallest absolute Gasteiger partial charge is 0.123 e.